The van der Waals surface area contributed by atoms with Crippen molar-refractivity contribution in [1.82, 2.24) is 24.9 Å². The van der Waals surface area contributed by atoms with Gasteiger partial charge in [-0.15, -0.1) is 18.3 Å². The summed E-state index contributed by atoms with van der Waals surface area (Å²) in [5.41, 5.74) is 2.56. The lowest BCUT2D eigenvalue weighted by Gasteiger charge is -2.11. The molecule has 0 spiro atoms. The minimum atomic E-state index is -4.76. The first kappa shape index (κ1) is 24.2. The molecule has 0 saturated heterocycles. The van der Waals surface area contributed by atoms with Crippen molar-refractivity contribution < 1.29 is 27.3 Å². The molecule has 4 aromatic rings. The highest BCUT2D eigenvalue weighted by Crippen LogP contribution is 2.26. The van der Waals surface area contributed by atoms with E-state index in [0.29, 0.717) is 17.9 Å². The number of nitrogens with one attached hydrogen (secondary N) is 2. The number of hydrogen-bond donors (Lipinski definition) is 2. The first-order chi connectivity index (χ1) is 16.7. The van der Waals surface area contributed by atoms with Crippen molar-refractivity contribution in [2.45, 2.75) is 19.8 Å². The summed E-state index contributed by atoms with van der Waals surface area (Å²) >= 11 is 0. The molecule has 2 N–H and O–H groups in total. The van der Waals surface area contributed by atoms with E-state index in [4.69, 9.17) is 4.52 Å². The van der Waals surface area contributed by atoms with Crippen molar-refractivity contribution in [3.05, 3.63) is 59.9 Å². The predicted molar refractivity (Wildman–Crippen MR) is 122 cm³/mol. The smallest absolute Gasteiger partial charge is 0.406 e. The molecule has 0 bridgehead atoms. The molecule has 2 heterocycles. The molecule has 0 aliphatic heterocycles. The Morgan fingerprint density at radius 1 is 1.06 bits per heavy atom. The summed E-state index contributed by atoms with van der Waals surface area (Å²) in [6.07, 6.45) is -4.76. The zero-order valence-corrected chi connectivity index (χ0v) is 19.4. The Morgan fingerprint density at radius 3 is 2.54 bits per heavy atom. The van der Waals surface area contributed by atoms with E-state index in [0.717, 1.165) is 24.3 Å². The van der Waals surface area contributed by atoms with Crippen LogP contribution in [0.1, 0.15) is 11.4 Å². The second-order valence-corrected chi connectivity index (χ2v) is 8.22. The topological polar surface area (TPSA) is 95.3 Å². The summed E-state index contributed by atoms with van der Waals surface area (Å²) in [5.74, 6) is 0.911. The molecule has 2 aromatic heterocycles. The third-order valence-corrected chi connectivity index (χ3v) is 5.03. The van der Waals surface area contributed by atoms with E-state index in [-0.39, 0.29) is 23.3 Å². The summed E-state index contributed by atoms with van der Waals surface area (Å²) in [4.78, 5) is 10.1. The SMILES string of the molecule is Cc1nc(-c2nc(-c3ccc(OC(F)(F)F)cc3)no2)nn1Cc1cccc(NCC[NH+](C)C)c1. The number of quaternary nitrogens is 1. The maximum atomic E-state index is 12.3. The highest BCUT2D eigenvalue weighted by Gasteiger charge is 2.31. The van der Waals surface area contributed by atoms with Crippen molar-refractivity contribution in [3.8, 4) is 28.9 Å². The van der Waals surface area contributed by atoms with Crippen LogP contribution in [0.3, 0.4) is 0 Å². The van der Waals surface area contributed by atoms with Crippen LogP contribution in [0, 0.1) is 6.92 Å². The quantitative estimate of drug-likeness (QED) is 0.374. The summed E-state index contributed by atoms with van der Waals surface area (Å²) in [5, 5.41) is 11.8. The molecule has 0 saturated carbocycles. The number of halogens is 3. The number of nitrogens with zero attached hydrogens (tertiary/aromatic N) is 5. The Bertz CT molecular complexity index is 1270. The van der Waals surface area contributed by atoms with Gasteiger partial charge in [0.1, 0.15) is 11.6 Å². The van der Waals surface area contributed by atoms with Gasteiger partial charge in [0, 0.05) is 11.3 Å². The van der Waals surface area contributed by atoms with E-state index < -0.39 is 6.36 Å². The molecular formula is C23H25F3N7O2+. The lowest BCUT2D eigenvalue weighted by molar-refractivity contribution is -0.856. The molecule has 0 aliphatic carbocycles. The van der Waals surface area contributed by atoms with Crippen LogP contribution in [0.25, 0.3) is 23.1 Å². The summed E-state index contributed by atoms with van der Waals surface area (Å²) < 4.78 is 47.9. The third-order valence-electron chi connectivity index (χ3n) is 5.03. The molecule has 9 nitrogen and oxygen atoms in total. The molecule has 12 heteroatoms. The van der Waals surface area contributed by atoms with Gasteiger partial charge >= 0.3 is 6.36 Å². The Balaban J connectivity index is 1.45. The van der Waals surface area contributed by atoms with Crippen LogP contribution in [-0.2, 0) is 6.54 Å². The second kappa shape index (κ2) is 10.1. The normalized spacial score (nSPS) is 11.7. The highest BCUT2D eigenvalue weighted by atomic mass is 19.4. The zero-order chi connectivity index (χ0) is 25.0. The van der Waals surface area contributed by atoms with E-state index in [1.54, 1.807) is 4.68 Å². The Kier molecular flexibility index (Phi) is 7.01. The van der Waals surface area contributed by atoms with Crippen molar-refractivity contribution in [2.75, 3.05) is 32.5 Å². The zero-order valence-electron chi connectivity index (χ0n) is 19.4. The van der Waals surface area contributed by atoms with Crippen LogP contribution in [0.2, 0.25) is 0 Å². The van der Waals surface area contributed by atoms with Crippen molar-refractivity contribution >= 4 is 5.69 Å². The largest absolute Gasteiger partial charge is 0.573 e. The highest BCUT2D eigenvalue weighted by molar-refractivity contribution is 5.57. The molecule has 0 unspecified atom stereocenters. The fraction of sp³-hybridized carbons (Fsp3) is 0.304. The number of alkyl halides is 3. The van der Waals surface area contributed by atoms with Crippen LogP contribution < -0.4 is 15.0 Å². The summed E-state index contributed by atoms with van der Waals surface area (Å²) in [7, 11) is 4.22. The number of rotatable bonds is 9. The van der Waals surface area contributed by atoms with Gasteiger partial charge in [0.15, 0.2) is 0 Å². The van der Waals surface area contributed by atoms with Crippen molar-refractivity contribution in [3.63, 3.8) is 0 Å². The van der Waals surface area contributed by atoms with Crippen LogP contribution in [0.4, 0.5) is 18.9 Å². The number of aromatic nitrogens is 5. The number of anilines is 1. The Hall–Kier alpha value is -3.93. The van der Waals surface area contributed by atoms with E-state index >= 15 is 0 Å². The third kappa shape index (κ3) is 6.57. The fourth-order valence-corrected chi connectivity index (χ4v) is 3.31. The van der Waals surface area contributed by atoms with Gasteiger partial charge in [-0.1, -0.05) is 17.3 Å². The number of benzene rings is 2. The van der Waals surface area contributed by atoms with Crippen molar-refractivity contribution in [1.29, 1.82) is 0 Å². The average molecular weight is 488 g/mol. The molecule has 4 rings (SSSR count). The number of aryl methyl sites for hydroxylation is 1. The van der Waals surface area contributed by atoms with Gasteiger partial charge in [0.25, 0.3) is 5.89 Å². The molecular weight excluding hydrogens is 463 g/mol. The van der Waals surface area contributed by atoms with E-state index in [1.807, 2.05) is 25.1 Å². The first-order valence-corrected chi connectivity index (χ1v) is 10.9. The predicted octanol–water partition coefficient (Wildman–Crippen LogP) is 2.81. The molecule has 0 fully saturated rings. The van der Waals surface area contributed by atoms with E-state index in [1.165, 1.54) is 29.2 Å². The van der Waals surface area contributed by atoms with Gasteiger partial charge in [-0.25, -0.2) is 9.67 Å². The van der Waals surface area contributed by atoms with Gasteiger partial charge in [-0.3, -0.25) is 0 Å². The van der Waals surface area contributed by atoms with Crippen LogP contribution in [0.5, 0.6) is 5.75 Å². The molecule has 0 atom stereocenters. The average Bonchev–Trinajstić information content (AvgIpc) is 3.41. The molecule has 0 aliphatic rings. The Labute approximate surface area is 199 Å². The standard InChI is InChI=1S/C23H24F3N7O2/c1-15-28-21(30-33(15)14-16-5-4-6-18(13-16)27-11-12-32(2)3)22-29-20(31-35-22)17-7-9-19(10-8-17)34-23(24,25)26/h4-10,13,27H,11-12,14H2,1-3H3/p+1. The van der Waals surface area contributed by atoms with Gasteiger partial charge in [0.2, 0.25) is 11.6 Å². The lowest BCUT2D eigenvalue weighted by atomic mass is 10.2. The van der Waals surface area contributed by atoms with Crippen LogP contribution >= 0.6 is 0 Å². The maximum Gasteiger partial charge on any atom is 0.573 e. The van der Waals surface area contributed by atoms with Gasteiger partial charge in [-0.2, -0.15) is 4.98 Å². The van der Waals surface area contributed by atoms with Crippen molar-refractivity contribution in [2.24, 2.45) is 0 Å². The molecule has 184 valence electrons. The number of likely N-dealkylation sites (N-methyl/N-ethyl adjacent to an activating group) is 1. The maximum absolute atomic E-state index is 12.3. The summed E-state index contributed by atoms with van der Waals surface area (Å²) in [6, 6.07) is 13.3. The summed E-state index contributed by atoms with van der Waals surface area (Å²) in [6.45, 7) is 4.22. The minimum absolute atomic E-state index is 0.110. The van der Waals surface area contributed by atoms with Gasteiger partial charge in [-0.05, 0) is 48.9 Å². The first-order valence-electron chi connectivity index (χ1n) is 10.9. The minimum Gasteiger partial charge on any atom is -0.406 e. The van der Waals surface area contributed by atoms with Gasteiger partial charge < -0.3 is 19.5 Å². The lowest BCUT2D eigenvalue weighted by Crippen LogP contribution is -3.06. The molecule has 2 aromatic carbocycles. The van der Waals surface area contributed by atoms with Crippen LogP contribution in [-0.4, -0.2) is 58.5 Å². The van der Waals surface area contributed by atoms with E-state index in [2.05, 4.69) is 50.4 Å². The molecule has 0 radical (unpaired) electrons. The Morgan fingerprint density at radius 2 is 1.83 bits per heavy atom. The van der Waals surface area contributed by atoms with E-state index in [9.17, 15) is 13.2 Å². The monoisotopic (exact) mass is 488 g/mol. The number of hydrogen-bond acceptors (Lipinski definition) is 7. The fourth-order valence-electron chi connectivity index (χ4n) is 3.31. The molecule has 35 heavy (non-hydrogen) atoms. The van der Waals surface area contributed by atoms with Gasteiger partial charge in [0.05, 0.1) is 33.7 Å². The number of ether oxygens (including phenoxy) is 1. The molecule has 0 amide bonds. The van der Waals surface area contributed by atoms with Crippen LogP contribution in [0.15, 0.2) is 53.1 Å². The second-order valence-electron chi connectivity index (χ2n) is 8.22.